The van der Waals surface area contributed by atoms with Crippen molar-refractivity contribution in [2.24, 2.45) is 4.99 Å². The molecule has 0 fully saturated rings. The molecule has 0 spiro atoms. The average molecular weight is 525 g/mol. The van der Waals surface area contributed by atoms with E-state index in [4.69, 9.17) is 4.52 Å². The Morgan fingerprint density at radius 2 is 2.00 bits per heavy atom. The van der Waals surface area contributed by atoms with E-state index in [0.29, 0.717) is 12.5 Å². The van der Waals surface area contributed by atoms with Gasteiger partial charge in [0.05, 0.1) is 18.8 Å². The first-order chi connectivity index (χ1) is 14.2. The molecule has 1 aromatic heterocycles. The van der Waals surface area contributed by atoms with E-state index in [0.717, 1.165) is 61.5 Å². The lowest BCUT2D eigenvalue weighted by molar-refractivity contribution is -0.117. The van der Waals surface area contributed by atoms with Crippen LogP contribution in [0.2, 0.25) is 0 Å². The quantitative estimate of drug-likeness (QED) is 0.329. The molecule has 0 saturated heterocycles. The van der Waals surface area contributed by atoms with Gasteiger partial charge < -0.3 is 20.1 Å². The van der Waals surface area contributed by atoms with E-state index in [2.05, 4.69) is 33.8 Å². The van der Waals surface area contributed by atoms with Crippen LogP contribution in [0.5, 0.6) is 0 Å². The molecule has 0 radical (unpaired) electrons. The molecule has 0 atom stereocenters. The van der Waals surface area contributed by atoms with E-state index in [9.17, 15) is 4.79 Å². The summed E-state index contributed by atoms with van der Waals surface area (Å²) in [7, 11) is 0. The number of carbonyl (C=O) groups excluding carboxylic acids is 1. The fourth-order valence-corrected chi connectivity index (χ4v) is 3.66. The zero-order valence-corrected chi connectivity index (χ0v) is 20.4. The molecular formula is C22H32IN5O2. The molecule has 2 aromatic rings. The molecule has 1 aliphatic rings. The summed E-state index contributed by atoms with van der Waals surface area (Å²) in [5, 5.41) is 10.5. The second-order valence-electron chi connectivity index (χ2n) is 7.06. The summed E-state index contributed by atoms with van der Waals surface area (Å²) >= 11 is 0. The van der Waals surface area contributed by atoms with Crippen LogP contribution < -0.4 is 15.5 Å². The van der Waals surface area contributed by atoms with Crippen LogP contribution >= 0.6 is 24.0 Å². The summed E-state index contributed by atoms with van der Waals surface area (Å²) in [6.07, 6.45) is 3.61. The maximum absolute atomic E-state index is 12.9. The molecular weight excluding hydrogens is 493 g/mol. The zero-order valence-electron chi connectivity index (χ0n) is 18.0. The van der Waals surface area contributed by atoms with Crippen molar-refractivity contribution in [1.29, 1.82) is 0 Å². The van der Waals surface area contributed by atoms with Crippen LogP contribution in [0.3, 0.4) is 0 Å². The standard InChI is InChI=1S/C22H31N5O2.HI/c1-4-18-17(20(5-2)29-26-18)14-24-22(23-6-3)25-15-21(28)27-13-9-11-16-10-7-8-12-19(16)27;/h7-8,10,12H,4-6,9,11,13-15H2,1-3H3,(H2,23,24,25);1H. The molecule has 0 bridgehead atoms. The normalized spacial score (nSPS) is 13.4. The van der Waals surface area contributed by atoms with Crippen molar-refractivity contribution < 1.29 is 9.32 Å². The van der Waals surface area contributed by atoms with Crippen LogP contribution in [0, 0.1) is 0 Å². The Labute approximate surface area is 195 Å². The summed E-state index contributed by atoms with van der Waals surface area (Å²) in [5.41, 5.74) is 4.25. The minimum atomic E-state index is 0. The average Bonchev–Trinajstić information content (AvgIpc) is 3.17. The number of guanidine groups is 1. The molecule has 0 saturated carbocycles. The molecule has 30 heavy (non-hydrogen) atoms. The molecule has 1 aromatic carbocycles. The number of fused-ring (bicyclic) bond motifs is 1. The molecule has 2 heterocycles. The number of amides is 1. The van der Waals surface area contributed by atoms with Crippen LogP contribution in [0.1, 0.15) is 49.8 Å². The van der Waals surface area contributed by atoms with E-state index in [1.165, 1.54) is 5.56 Å². The van der Waals surface area contributed by atoms with Gasteiger partial charge in [0.15, 0.2) is 5.96 Å². The van der Waals surface area contributed by atoms with Crippen molar-refractivity contribution in [3.63, 3.8) is 0 Å². The Hall–Kier alpha value is -2.10. The first kappa shape index (κ1) is 24.2. The number of aromatic nitrogens is 1. The first-order valence-electron chi connectivity index (χ1n) is 10.5. The summed E-state index contributed by atoms with van der Waals surface area (Å²) in [6, 6.07) is 8.14. The lowest BCUT2D eigenvalue weighted by Gasteiger charge is -2.29. The van der Waals surface area contributed by atoms with Gasteiger partial charge in [-0.3, -0.25) is 4.79 Å². The molecule has 2 N–H and O–H groups in total. The Morgan fingerprint density at radius 1 is 1.20 bits per heavy atom. The van der Waals surface area contributed by atoms with Gasteiger partial charge in [-0.1, -0.05) is 37.2 Å². The third kappa shape index (κ3) is 5.74. The summed E-state index contributed by atoms with van der Waals surface area (Å²) in [5.74, 6) is 1.55. The zero-order chi connectivity index (χ0) is 20.6. The third-order valence-corrected chi connectivity index (χ3v) is 5.16. The number of hydrogen-bond donors (Lipinski definition) is 2. The van der Waals surface area contributed by atoms with Gasteiger partial charge >= 0.3 is 0 Å². The Kier molecular flexibility index (Phi) is 9.61. The number of para-hydroxylation sites is 1. The van der Waals surface area contributed by atoms with Gasteiger partial charge in [0.1, 0.15) is 5.76 Å². The lowest BCUT2D eigenvalue weighted by Crippen LogP contribution is -2.46. The number of rotatable bonds is 7. The number of anilines is 1. The van der Waals surface area contributed by atoms with Crippen molar-refractivity contribution in [2.75, 3.05) is 24.5 Å². The number of aryl methyl sites for hydroxylation is 3. The van der Waals surface area contributed by atoms with Crippen LogP contribution in [-0.4, -0.2) is 36.7 Å². The van der Waals surface area contributed by atoms with E-state index in [1.807, 2.05) is 36.9 Å². The van der Waals surface area contributed by atoms with E-state index in [1.54, 1.807) is 0 Å². The second-order valence-corrected chi connectivity index (χ2v) is 7.06. The molecule has 0 unspecified atom stereocenters. The Morgan fingerprint density at radius 3 is 2.73 bits per heavy atom. The highest BCUT2D eigenvalue weighted by Gasteiger charge is 2.22. The van der Waals surface area contributed by atoms with Crippen LogP contribution in [0.25, 0.3) is 0 Å². The number of benzene rings is 1. The monoisotopic (exact) mass is 525 g/mol. The van der Waals surface area contributed by atoms with Crippen LogP contribution in [0.4, 0.5) is 5.69 Å². The predicted molar refractivity (Wildman–Crippen MR) is 131 cm³/mol. The van der Waals surface area contributed by atoms with Gasteiger partial charge in [0.2, 0.25) is 5.91 Å². The van der Waals surface area contributed by atoms with Crippen molar-refractivity contribution in [2.45, 2.75) is 53.0 Å². The maximum Gasteiger partial charge on any atom is 0.246 e. The molecule has 8 heteroatoms. The van der Waals surface area contributed by atoms with Crippen molar-refractivity contribution in [3.05, 3.63) is 46.8 Å². The Balaban J connectivity index is 0.00000320. The van der Waals surface area contributed by atoms with Gasteiger partial charge in [-0.25, -0.2) is 4.99 Å². The van der Waals surface area contributed by atoms with Crippen molar-refractivity contribution in [1.82, 2.24) is 15.8 Å². The predicted octanol–water partition coefficient (Wildman–Crippen LogP) is 3.45. The number of nitrogens with one attached hydrogen (secondary N) is 2. The summed E-state index contributed by atoms with van der Waals surface area (Å²) in [4.78, 5) is 19.4. The lowest BCUT2D eigenvalue weighted by atomic mass is 10.0. The van der Waals surface area contributed by atoms with Crippen molar-refractivity contribution in [3.8, 4) is 0 Å². The fourth-order valence-electron chi connectivity index (χ4n) is 3.66. The number of halogens is 1. The summed E-state index contributed by atoms with van der Waals surface area (Å²) < 4.78 is 5.42. The highest BCUT2D eigenvalue weighted by molar-refractivity contribution is 14.0. The number of carbonyl (C=O) groups is 1. The number of hydrogen-bond acceptors (Lipinski definition) is 4. The SMILES string of the molecule is CCNC(=NCc1c(CC)noc1CC)NCC(=O)N1CCCc2ccccc21.I. The van der Waals surface area contributed by atoms with Gasteiger partial charge in [-0.05, 0) is 37.8 Å². The van der Waals surface area contributed by atoms with Crippen molar-refractivity contribution >= 4 is 41.5 Å². The molecule has 3 rings (SSSR count). The van der Waals surface area contributed by atoms with Gasteiger partial charge in [-0.2, -0.15) is 0 Å². The number of nitrogens with zero attached hydrogens (tertiary/aromatic N) is 3. The largest absolute Gasteiger partial charge is 0.361 e. The van der Waals surface area contributed by atoms with Crippen LogP contribution in [0.15, 0.2) is 33.8 Å². The maximum atomic E-state index is 12.9. The topological polar surface area (TPSA) is 82.8 Å². The van der Waals surface area contributed by atoms with Gasteiger partial charge in [-0.15, -0.1) is 24.0 Å². The van der Waals surface area contributed by atoms with Crippen LogP contribution in [-0.2, 0) is 30.6 Å². The molecule has 1 aliphatic heterocycles. The molecule has 164 valence electrons. The van der Waals surface area contributed by atoms with Gasteiger partial charge in [0, 0.05) is 30.8 Å². The second kappa shape index (κ2) is 11.9. The highest BCUT2D eigenvalue weighted by Crippen LogP contribution is 2.26. The third-order valence-electron chi connectivity index (χ3n) is 5.16. The molecule has 1 amide bonds. The summed E-state index contributed by atoms with van der Waals surface area (Å²) in [6.45, 7) is 8.27. The van der Waals surface area contributed by atoms with E-state index < -0.39 is 0 Å². The van der Waals surface area contributed by atoms with E-state index >= 15 is 0 Å². The minimum Gasteiger partial charge on any atom is -0.361 e. The highest BCUT2D eigenvalue weighted by atomic mass is 127. The smallest absolute Gasteiger partial charge is 0.246 e. The fraction of sp³-hybridized carbons (Fsp3) is 0.500. The molecule has 7 nitrogen and oxygen atoms in total. The Bertz CT molecular complexity index is 843. The van der Waals surface area contributed by atoms with E-state index in [-0.39, 0.29) is 36.4 Å². The van der Waals surface area contributed by atoms with Gasteiger partial charge in [0.25, 0.3) is 0 Å². The number of aliphatic imine (C=N–C) groups is 1. The minimum absolute atomic E-state index is 0. The molecule has 0 aliphatic carbocycles. The first-order valence-corrected chi connectivity index (χ1v) is 10.5.